The first-order valence-electron chi connectivity index (χ1n) is 8.54. The van der Waals surface area contributed by atoms with Crippen molar-refractivity contribution in [2.45, 2.75) is 56.2 Å². The lowest BCUT2D eigenvalue weighted by atomic mass is 9.78. The van der Waals surface area contributed by atoms with Gasteiger partial charge in [-0.05, 0) is 31.6 Å². The molecule has 1 aromatic heterocycles. The first-order chi connectivity index (χ1) is 10.7. The normalized spacial score (nSPS) is 37.8. The van der Waals surface area contributed by atoms with Crippen LogP contribution in [-0.4, -0.2) is 26.8 Å². The third kappa shape index (κ3) is 2.34. The number of imidazole rings is 1. The zero-order valence-electron chi connectivity index (χ0n) is 12.9. The van der Waals surface area contributed by atoms with Gasteiger partial charge in [-0.15, -0.1) is 0 Å². The van der Waals surface area contributed by atoms with Crippen LogP contribution in [0, 0.1) is 11.8 Å². The molecule has 3 aliphatic rings. The van der Waals surface area contributed by atoms with Crippen molar-refractivity contribution in [1.82, 2.24) is 9.55 Å². The van der Waals surface area contributed by atoms with Gasteiger partial charge in [0.1, 0.15) is 0 Å². The minimum absolute atomic E-state index is 0.260. The minimum Gasteiger partial charge on any atom is -0.393 e. The average molecular weight is 299 g/mol. The first kappa shape index (κ1) is 14.2. The van der Waals surface area contributed by atoms with E-state index >= 15 is 0 Å². The lowest BCUT2D eigenvalue weighted by molar-refractivity contribution is 0.0562. The highest BCUT2D eigenvalue weighted by atomic mass is 16.3. The highest BCUT2D eigenvalue weighted by Crippen LogP contribution is 2.47. The van der Waals surface area contributed by atoms with E-state index in [-0.39, 0.29) is 12.1 Å². The van der Waals surface area contributed by atoms with Gasteiger partial charge in [0.25, 0.3) is 0 Å². The van der Waals surface area contributed by atoms with Crippen LogP contribution in [0.15, 0.2) is 36.8 Å². The fourth-order valence-electron chi connectivity index (χ4n) is 4.65. The summed E-state index contributed by atoms with van der Waals surface area (Å²) in [7, 11) is 0. The molecule has 6 atom stereocenters. The van der Waals surface area contributed by atoms with Gasteiger partial charge in [0.05, 0.1) is 12.4 Å². The van der Waals surface area contributed by atoms with Gasteiger partial charge >= 0.3 is 0 Å². The summed E-state index contributed by atoms with van der Waals surface area (Å²) >= 11 is 0. The van der Waals surface area contributed by atoms with Gasteiger partial charge < -0.3 is 15.4 Å². The Kier molecular flexibility index (Phi) is 3.66. The van der Waals surface area contributed by atoms with Gasteiger partial charge in [0, 0.05) is 35.8 Å². The van der Waals surface area contributed by atoms with Crippen molar-refractivity contribution >= 4 is 0 Å². The first-order valence-corrected chi connectivity index (χ1v) is 8.54. The van der Waals surface area contributed by atoms with E-state index < -0.39 is 0 Å². The molecule has 1 aliphatic heterocycles. The Morgan fingerprint density at radius 2 is 2.18 bits per heavy atom. The van der Waals surface area contributed by atoms with Crippen LogP contribution in [0.5, 0.6) is 0 Å². The molecule has 22 heavy (non-hydrogen) atoms. The van der Waals surface area contributed by atoms with Gasteiger partial charge in [0.15, 0.2) is 0 Å². The highest BCUT2D eigenvalue weighted by Gasteiger charge is 2.40. The summed E-state index contributed by atoms with van der Waals surface area (Å²) in [6.45, 7) is 0. The minimum atomic E-state index is -0.260. The molecule has 0 radical (unpaired) electrons. The van der Waals surface area contributed by atoms with Gasteiger partial charge in [-0.1, -0.05) is 30.7 Å². The molecule has 3 N–H and O–H groups in total. The molecule has 6 unspecified atom stereocenters. The number of hydrogen-bond donors (Lipinski definition) is 2. The standard InChI is InChI=1S/C18H25N3O/c19-13-5-3-4-12(8-13)18(22)9-16-14-6-1-2-7-15(14)17-10-20-11-21(16)17/h1-2,6-7,10-16,18,22H,3-5,8-9,19H2. The predicted octanol–water partition coefficient (Wildman–Crippen LogP) is 2.53. The van der Waals surface area contributed by atoms with Crippen LogP contribution in [0.25, 0.3) is 0 Å². The lowest BCUT2D eigenvalue weighted by Crippen LogP contribution is -2.35. The van der Waals surface area contributed by atoms with Gasteiger partial charge in [0.2, 0.25) is 0 Å². The zero-order valence-corrected chi connectivity index (χ0v) is 12.9. The summed E-state index contributed by atoms with van der Waals surface area (Å²) in [5, 5.41) is 10.8. The zero-order chi connectivity index (χ0) is 15.1. The third-order valence-corrected chi connectivity index (χ3v) is 5.80. The number of aromatic nitrogens is 2. The van der Waals surface area contributed by atoms with Gasteiger partial charge in [-0.25, -0.2) is 4.98 Å². The molecule has 0 amide bonds. The van der Waals surface area contributed by atoms with Crippen LogP contribution in [0.3, 0.4) is 0 Å². The molecule has 2 aliphatic carbocycles. The number of aliphatic hydroxyl groups is 1. The monoisotopic (exact) mass is 299 g/mol. The fraction of sp³-hybridized carbons (Fsp3) is 0.611. The Hall–Kier alpha value is -1.39. The van der Waals surface area contributed by atoms with Crippen molar-refractivity contribution in [1.29, 1.82) is 0 Å². The second kappa shape index (κ2) is 5.67. The van der Waals surface area contributed by atoms with Crippen molar-refractivity contribution in [3.8, 4) is 0 Å². The van der Waals surface area contributed by atoms with E-state index in [0.29, 0.717) is 23.8 Å². The molecule has 4 nitrogen and oxygen atoms in total. The summed E-state index contributed by atoms with van der Waals surface area (Å²) in [5.41, 5.74) is 7.37. The molecule has 0 saturated heterocycles. The molecule has 2 heterocycles. The van der Waals surface area contributed by atoms with Crippen LogP contribution in [0.1, 0.15) is 49.8 Å². The van der Waals surface area contributed by atoms with Crippen molar-refractivity contribution in [2.75, 3.05) is 0 Å². The van der Waals surface area contributed by atoms with Crippen LogP contribution in [-0.2, 0) is 0 Å². The second-order valence-electron chi connectivity index (χ2n) is 7.16. The predicted molar refractivity (Wildman–Crippen MR) is 86.3 cm³/mol. The van der Waals surface area contributed by atoms with Crippen LogP contribution >= 0.6 is 0 Å². The molecule has 118 valence electrons. The van der Waals surface area contributed by atoms with E-state index in [9.17, 15) is 5.11 Å². The van der Waals surface area contributed by atoms with E-state index in [1.165, 1.54) is 5.69 Å². The van der Waals surface area contributed by atoms with Crippen molar-refractivity contribution in [3.05, 3.63) is 42.5 Å². The summed E-state index contributed by atoms with van der Waals surface area (Å²) in [6.07, 6.45) is 17.6. The quantitative estimate of drug-likeness (QED) is 0.901. The molecule has 1 saturated carbocycles. The maximum absolute atomic E-state index is 10.8. The fourth-order valence-corrected chi connectivity index (χ4v) is 4.65. The molecule has 4 heteroatoms. The summed E-state index contributed by atoms with van der Waals surface area (Å²) in [5.74, 6) is 1.23. The van der Waals surface area contributed by atoms with Crippen molar-refractivity contribution < 1.29 is 5.11 Å². The number of nitrogens with zero attached hydrogens (tertiary/aromatic N) is 2. The molecule has 0 aromatic carbocycles. The largest absolute Gasteiger partial charge is 0.393 e. The molecular weight excluding hydrogens is 274 g/mol. The Bertz CT molecular complexity index is 591. The molecule has 1 aromatic rings. The van der Waals surface area contributed by atoms with Crippen LogP contribution < -0.4 is 5.73 Å². The molecular formula is C18H25N3O. The maximum Gasteiger partial charge on any atom is 0.0951 e. The van der Waals surface area contributed by atoms with E-state index in [1.807, 2.05) is 12.5 Å². The topological polar surface area (TPSA) is 64.1 Å². The van der Waals surface area contributed by atoms with E-state index in [2.05, 4.69) is 33.9 Å². The van der Waals surface area contributed by atoms with E-state index in [0.717, 1.165) is 32.1 Å². The number of fused-ring (bicyclic) bond motifs is 3. The Labute approximate surface area is 131 Å². The highest BCUT2D eigenvalue weighted by molar-refractivity contribution is 5.31. The van der Waals surface area contributed by atoms with Crippen molar-refractivity contribution in [3.63, 3.8) is 0 Å². The smallest absolute Gasteiger partial charge is 0.0951 e. The van der Waals surface area contributed by atoms with E-state index in [1.54, 1.807) is 0 Å². The van der Waals surface area contributed by atoms with Crippen LogP contribution in [0.4, 0.5) is 0 Å². The second-order valence-corrected chi connectivity index (χ2v) is 7.16. The Morgan fingerprint density at radius 3 is 3.05 bits per heavy atom. The maximum atomic E-state index is 10.8. The summed E-state index contributed by atoms with van der Waals surface area (Å²) in [4.78, 5) is 4.32. The molecule has 0 bridgehead atoms. The number of rotatable bonds is 3. The number of allylic oxidation sites excluding steroid dienone is 4. The van der Waals surface area contributed by atoms with Gasteiger partial charge in [-0.3, -0.25) is 0 Å². The Morgan fingerprint density at radius 1 is 1.32 bits per heavy atom. The van der Waals surface area contributed by atoms with Crippen LogP contribution in [0.2, 0.25) is 0 Å². The lowest BCUT2D eigenvalue weighted by Gasteiger charge is -2.33. The molecule has 4 rings (SSSR count). The average Bonchev–Trinajstić information content (AvgIpc) is 3.10. The molecule has 1 fully saturated rings. The summed E-state index contributed by atoms with van der Waals surface area (Å²) < 4.78 is 2.28. The summed E-state index contributed by atoms with van der Waals surface area (Å²) in [6, 6.07) is 0.586. The van der Waals surface area contributed by atoms with Crippen molar-refractivity contribution in [2.24, 2.45) is 17.6 Å². The Balaban J connectivity index is 1.52. The SMILES string of the molecule is NC1CCCC(C(O)CC2C3C=CC=CC3c3cncn32)C1. The van der Waals surface area contributed by atoms with Gasteiger partial charge in [-0.2, -0.15) is 0 Å². The number of hydrogen-bond acceptors (Lipinski definition) is 3. The van der Waals surface area contributed by atoms with E-state index in [4.69, 9.17) is 5.73 Å². The third-order valence-electron chi connectivity index (χ3n) is 5.80. The molecule has 0 spiro atoms. The number of aliphatic hydroxyl groups excluding tert-OH is 1. The number of nitrogens with two attached hydrogens (primary N) is 1.